The number of hydrogen-bond donors (Lipinski definition) is 0. The molecule has 0 aliphatic heterocycles. The van der Waals surface area contributed by atoms with Crippen molar-refractivity contribution in [2.24, 2.45) is 5.92 Å². The first-order valence-electron chi connectivity index (χ1n) is 7.00. The highest BCUT2D eigenvalue weighted by atomic mass is 32.2. The van der Waals surface area contributed by atoms with Gasteiger partial charge < -0.3 is 4.90 Å². The van der Waals surface area contributed by atoms with E-state index in [1.807, 2.05) is 30.3 Å². The summed E-state index contributed by atoms with van der Waals surface area (Å²) in [6.45, 7) is 0.463. The molecule has 1 fully saturated rings. The zero-order chi connectivity index (χ0) is 15.2. The van der Waals surface area contributed by atoms with Crippen LogP contribution in [-0.2, 0) is 4.79 Å². The molecular formula is C16H18N2O2S. The van der Waals surface area contributed by atoms with Gasteiger partial charge in [-0.15, -0.1) is 11.8 Å². The molecule has 1 aromatic rings. The van der Waals surface area contributed by atoms with Gasteiger partial charge in [0.1, 0.15) is 0 Å². The van der Waals surface area contributed by atoms with E-state index in [2.05, 4.69) is 0 Å². The number of nitriles is 1. The molecule has 1 aliphatic rings. The predicted octanol–water partition coefficient (Wildman–Crippen LogP) is 2.74. The van der Waals surface area contributed by atoms with Crippen LogP contribution in [0, 0.1) is 17.2 Å². The minimum absolute atomic E-state index is 0.00776. The lowest BCUT2D eigenvalue weighted by Crippen LogP contribution is -2.29. The molecule has 0 spiro atoms. The van der Waals surface area contributed by atoms with Crippen LogP contribution in [0.25, 0.3) is 0 Å². The fourth-order valence-electron chi connectivity index (χ4n) is 1.89. The van der Waals surface area contributed by atoms with Crippen molar-refractivity contribution in [3.05, 3.63) is 29.8 Å². The maximum atomic E-state index is 11.9. The normalized spacial score (nSPS) is 13.5. The fraction of sp³-hybridized carbons (Fsp3) is 0.438. The average Bonchev–Trinajstić information content (AvgIpc) is 3.34. The van der Waals surface area contributed by atoms with Crippen molar-refractivity contribution in [2.75, 3.05) is 19.3 Å². The van der Waals surface area contributed by atoms with Crippen molar-refractivity contribution in [2.45, 2.75) is 24.2 Å². The zero-order valence-electron chi connectivity index (χ0n) is 12.0. The fourth-order valence-corrected chi connectivity index (χ4v) is 2.73. The summed E-state index contributed by atoms with van der Waals surface area (Å²) in [5.41, 5.74) is 0.763. The number of Topliss-reactive ketones (excluding diaryl/α,β-unsaturated/α-hetero) is 1. The molecule has 2 rings (SSSR count). The summed E-state index contributed by atoms with van der Waals surface area (Å²) >= 11 is 1.45. The predicted molar refractivity (Wildman–Crippen MR) is 82.1 cm³/mol. The number of hydrogen-bond acceptors (Lipinski definition) is 4. The molecule has 0 bridgehead atoms. The van der Waals surface area contributed by atoms with Gasteiger partial charge >= 0.3 is 0 Å². The first-order chi connectivity index (χ1) is 10.1. The summed E-state index contributed by atoms with van der Waals surface area (Å²) in [7, 11) is 1.71. The summed E-state index contributed by atoms with van der Waals surface area (Å²) in [6.07, 6.45) is 2.38. The molecule has 110 valence electrons. The van der Waals surface area contributed by atoms with Gasteiger partial charge in [0.05, 0.1) is 18.2 Å². The van der Waals surface area contributed by atoms with Crippen molar-refractivity contribution in [1.82, 2.24) is 4.90 Å². The number of rotatable bonds is 7. The van der Waals surface area contributed by atoms with E-state index in [0.29, 0.717) is 18.7 Å². The third-order valence-corrected chi connectivity index (χ3v) is 4.43. The maximum absolute atomic E-state index is 11.9. The molecule has 0 heterocycles. The number of benzene rings is 1. The van der Waals surface area contributed by atoms with E-state index in [1.54, 1.807) is 11.9 Å². The molecule has 0 N–H and O–H groups in total. The topological polar surface area (TPSA) is 61.2 Å². The highest BCUT2D eigenvalue weighted by Crippen LogP contribution is 2.33. The average molecular weight is 302 g/mol. The molecule has 1 amide bonds. The minimum atomic E-state index is 0.00776. The third-order valence-electron chi connectivity index (χ3n) is 3.43. The van der Waals surface area contributed by atoms with Crippen molar-refractivity contribution in [1.29, 1.82) is 5.26 Å². The van der Waals surface area contributed by atoms with E-state index < -0.39 is 0 Å². The Hall–Kier alpha value is -1.80. The lowest BCUT2D eigenvalue weighted by molar-refractivity contribution is -0.127. The molecule has 0 aromatic heterocycles. The van der Waals surface area contributed by atoms with Gasteiger partial charge in [-0.2, -0.15) is 5.26 Å². The van der Waals surface area contributed by atoms with Crippen LogP contribution in [0.1, 0.15) is 29.6 Å². The van der Waals surface area contributed by atoms with E-state index in [9.17, 15) is 9.59 Å². The first kappa shape index (κ1) is 15.6. The Morgan fingerprint density at radius 1 is 1.33 bits per heavy atom. The van der Waals surface area contributed by atoms with Gasteiger partial charge in [0.15, 0.2) is 5.78 Å². The minimum Gasteiger partial charge on any atom is -0.344 e. The molecule has 1 aromatic carbocycles. The first-order valence-corrected chi connectivity index (χ1v) is 7.98. The highest BCUT2D eigenvalue weighted by Gasteiger charge is 2.30. The van der Waals surface area contributed by atoms with E-state index in [0.717, 1.165) is 23.3 Å². The number of carbonyl (C=O) groups is 2. The molecule has 5 heteroatoms. The summed E-state index contributed by atoms with van der Waals surface area (Å²) < 4.78 is 0. The zero-order valence-corrected chi connectivity index (χ0v) is 12.9. The van der Waals surface area contributed by atoms with Gasteiger partial charge in [-0.3, -0.25) is 9.59 Å². The largest absolute Gasteiger partial charge is 0.344 e. The third kappa shape index (κ3) is 4.61. The van der Waals surface area contributed by atoms with Gasteiger partial charge in [0, 0.05) is 30.0 Å². The lowest BCUT2D eigenvalue weighted by atomic mass is 10.1. The molecule has 4 nitrogen and oxygen atoms in total. The van der Waals surface area contributed by atoms with Crippen LogP contribution in [0.4, 0.5) is 0 Å². The Labute approximate surface area is 129 Å². The van der Waals surface area contributed by atoms with E-state index in [-0.39, 0.29) is 17.6 Å². The summed E-state index contributed by atoms with van der Waals surface area (Å²) in [5, 5.41) is 8.50. The number of ketones is 1. The number of nitrogens with zero attached hydrogens (tertiary/aromatic N) is 2. The van der Waals surface area contributed by atoms with Crippen LogP contribution in [0.15, 0.2) is 29.2 Å². The van der Waals surface area contributed by atoms with Gasteiger partial charge in [0.2, 0.25) is 5.91 Å². The van der Waals surface area contributed by atoms with E-state index in [4.69, 9.17) is 5.26 Å². The van der Waals surface area contributed by atoms with Crippen LogP contribution in [-0.4, -0.2) is 35.9 Å². The molecule has 0 radical (unpaired) electrons. The quantitative estimate of drug-likeness (QED) is 0.574. The Balaban J connectivity index is 1.82. The summed E-state index contributed by atoms with van der Waals surface area (Å²) in [4.78, 5) is 26.3. The Morgan fingerprint density at radius 2 is 2.00 bits per heavy atom. The molecule has 0 atom stereocenters. The van der Waals surface area contributed by atoms with E-state index >= 15 is 0 Å². The second-order valence-electron chi connectivity index (χ2n) is 5.17. The van der Waals surface area contributed by atoms with Crippen LogP contribution < -0.4 is 0 Å². The number of thioether (sulfide) groups is 1. The molecule has 1 saturated carbocycles. The summed E-state index contributed by atoms with van der Waals surface area (Å²) in [6, 6.07) is 9.49. The van der Waals surface area contributed by atoms with E-state index in [1.165, 1.54) is 11.8 Å². The molecule has 0 saturated heterocycles. The molecule has 1 aliphatic carbocycles. The number of carbonyl (C=O) groups excluding carboxylic acids is 2. The molecule has 0 unspecified atom stereocenters. The standard InChI is InChI=1S/C16H18N2O2S/c1-18(10-2-9-17)15(19)11-21-14-7-5-13(6-8-14)16(20)12-3-4-12/h5-8,12H,2-4,10-11H2,1H3. The SMILES string of the molecule is CN(CCC#N)C(=O)CSc1ccc(C(=O)C2CC2)cc1. The van der Waals surface area contributed by atoms with Gasteiger partial charge in [-0.25, -0.2) is 0 Å². The second-order valence-corrected chi connectivity index (χ2v) is 6.22. The lowest BCUT2D eigenvalue weighted by Gasteiger charge is -2.14. The van der Waals surface area contributed by atoms with Crippen molar-refractivity contribution < 1.29 is 9.59 Å². The smallest absolute Gasteiger partial charge is 0.232 e. The maximum Gasteiger partial charge on any atom is 0.232 e. The monoisotopic (exact) mass is 302 g/mol. The van der Waals surface area contributed by atoms with Crippen LogP contribution in [0.2, 0.25) is 0 Å². The Morgan fingerprint density at radius 3 is 2.57 bits per heavy atom. The van der Waals surface area contributed by atoms with Gasteiger partial charge in [-0.1, -0.05) is 12.1 Å². The van der Waals surface area contributed by atoms with Crippen molar-refractivity contribution >= 4 is 23.5 Å². The molecular weight excluding hydrogens is 284 g/mol. The van der Waals surface area contributed by atoms with Crippen LogP contribution >= 0.6 is 11.8 Å². The van der Waals surface area contributed by atoms with Gasteiger partial charge in [-0.05, 0) is 25.0 Å². The second kappa shape index (κ2) is 7.28. The Kier molecular flexibility index (Phi) is 5.40. The Bertz CT molecular complexity index is 559. The molecule has 21 heavy (non-hydrogen) atoms. The van der Waals surface area contributed by atoms with Gasteiger partial charge in [0.25, 0.3) is 0 Å². The van der Waals surface area contributed by atoms with Crippen molar-refractivity contribution in [3.63, 3.8) is 0 Å². The van der Waals surface area contributed by atoms with Crippen LogP contribution in [0.3, 0.4) is 0 Å². The highest BCUT2D eigenvalue weighted by molar-refractivity contribution is 8.00. The number of amides is 1. The van der Waals surface area contributed by atoms with Crippen LogP contribution in [0.5, 0.6) is 0 Å². The van der Waals surface area contributed by atoms with Crippen molar-refractivity contribution in [3.8, 4) is 6.07 Å². The summed E-state index contributed by atoms with van der Waals surface area (Å²) in [5.74, 6) is 0.823.